The summed E-state index contributed by atoms with van der Waals surface area (Å²) in [5.41, 5.74) is 0.580. The molecule has 1 amide bonds. The van der Waals surface area contributed by atoms with Crippen LogP contribution in [0.1, 0.15) is 36.0 Å². The Labute approximate surface area is 129 Å². The molecule has 0 bridgehead atoms. The lowest BCUT2D eigenvalue weighted by Crippen LogP contribution is -2.40. The van der Waals surface area contributed by atoms with Crippen LogP contribution in [0.2, 0.25) is 0 Å². The highest BCUT2D eigenvalue weighted by Crippen LogP contribution is 2.31. The van der Waals surface area contributed by atoms with Gasteiger partial charge in [-0.05, 0) is 43.7 Å². The van der Waals surface area contributed by atoms with Gasteiger partial charge in [0.15, 0.2) is 0 Å². The highest BCUT2D eigenvalue weighted by molar-refractivity contribution is 5.97. The molecular weight excluding hydrogens is 282 g/mol. The second-order valence-electron chi connectivity index (χ2n) is 6.16. The van der Waals surface area contributed by atoms with Crippen LogP contribution in [0.4, 0.5) is 0 Å². The molecule has 5 heteroatoms. The van der Waals surface area contributed by atoms with Gasteiger partial charge in [0.1, 0.15) is 5.75 Å². The zero-order chi connectivity index (χ0) is 15.5. The molecule has 0 unspecified atom stereocenters. The van der Waals surface area contributed by atoms with Gasteiger partial charge in [-0.2, -0.15) is 0 Å². The molecule has 0 radical (unpaired) electrons. The van der Waals surface area contributed by atoms with Crippen LogP contribution in [-0.2, 0) is 4.79 Å². The molecule has 5 nitrogen and oxygen atoms in total. The van der Waals surface area contributed by atoms with Crippen LogP contribution in [0.15, 0.2) is 24.3 Å². The molecule has 1 aromatic carbocycles. The third kappa shape index (κ3) is 3.40. The number of aliphatic carboxylic acids is 1. The van der Waals surface area contributed by atoms with Crippen LogP contribution < -0.4 is 4.74 Å². The van der Waals surface area contributed by atoms with E-state index in [2.05, 4.69) is 0 Å². The van der Waals surface area contributed by atoms with Gasteiger partial charge in [-0.15, -0.1) is 0 Å². The monoisotopic (exact) mass is 303 g/mol. The molecule has 3 rings (SSSR count). The van der Waals surface area contributed by atoms with Gasteiger partial charge in [0, 0.05) is 13.1 Å². The van der Waals surface area contributed by atoms with Crippen LogP contribution in [0.5, 0.6) is 5.75 Å². The highest BCUT2D eigenvalue weighted by Gasteiger charge is 2.29. The van der Waals surface area contributed by atoms with Gasteiger partial charge in [-0.25, -0.2) is 0 Å². The first-order chi connectivity index (χ1) is 10.6. The van der Waals surface area contributed by atoms with E-state index in [9.17, 15) is 9.59 Å². The molecule has 118 valence electrons. The van der Waals surface area contributed by atoms with E-state index in [1.165, 1.54) is 12.8 Å². The van der Waals surface area contributed by atoms with Crippen molar-refractivity contribution >= 4 is 11.9 Å². The standard InChI is InChI=1S/C17H21NO4/c19-16(18-9-7-13(8-10-18)17(20)21)14-3-1-2-4-15(14)22-11-12-5-6-12/h1-4,12-13H,5-11H2,(H,20,21). The Hall–Kier alpha value is -2.04. The first-order valence-corrected chi connectivity index (χ1v) is 7.89. The topological polar surface area (TPSA) is 66.8 Å². The number of carboxylic acid groups (broad SMARTS) is 1. The Morgan fingerprint density at radius 2 is 1.82 bits per heavy atom. The van der Waals surface area contributed by atoms with E-state index in [1.807, 2.05) is 18.2 Å². The Balaban J connectivity index is 1.65. The van der Waals surface area contributed by atoms with Crippen molar-refractivity contribution in [3.63, 3.8) is 0 Å². The number of carbonyl (C=O) groups is 2. The Morgan fingerprint density at radius 1 is 1.14 bits per heavy atom. The van der Waals surface area contributed by atoms with Crippen molar-refractivity contribution in [2.45, 2.75) is 25.7 Å². The molecule has 1 aliphatic heterocycles. The summed E-state index contributed by atoms with van der Waals surface area (Å²) in [6.45, 7) is 1.66. The number of ether oxygens (including phenoxy) is 1. The zero-order valence-corrected chi connectivity index (χ0v) is 12.5. The summed E-state index contributed by atoms with van der Waals surface area (Å²) in [5, 5.41) is 9.03. The lowest BCUT2D eigenvalue weighted by atomic mass is 9.96. The fraction of sp³-hybridized carbons (Fsp3) is 0.529. The van der Waals surface area contributed by atoms with Gasteiger partial charge >= 0.3 is 5.97 Å². The van der Waals surface area contributed by atoms with E-state index in [0.717, 1.165) is 0 Å². The highest BCUT2D eigenvalue weighted by atomic mass is 16.5. The molecule has 2 fully saturated rings. The lowest BCUT2D eigenvalue weighted by molar-refractivity contribution is -0.143. The number of benzene rings is 1. The number of nitrogens with zero attached hydrogens (tertiary/aromatic N) is 1. The van der Waals surface area contributed by atoms with Crippen LogP contribution in [0.3, 0.4) is 0 Å². The van der Waals surface area contributed by atoms with Gasteiger partial charge in [-0.3, -0.25) is 9.59 Å². The zero-order valence-electron chi connectivity index (χ0n) is 12.5. The summed E-state index contributed by atoms with van der Waals surface area (Å²) in [7, 11) is 0. The predicted molar refractivity (Wildman–Crippen MR) is 80.9 cm³/mol. The van der Waals surface area contributed by atoms with E-state index in [0.29, 0.717) is 49.8 Å². The minimum absolute atomic E-state index is 0.0600. The number of hydrogen-bond acceptors (Lipinski definition) is 3. The number of piperidine rings is 1. The maximum Gasteiger partial charge on any atom is 0.306 e. The quantitative estimate of drug-likeness (QED) is 0.907. The number of hydrogen-bond donors (Lipinski definition) is 1. The first-order valence-electron chi connectivity index (χ1n) is 7.89. The molecule has 1 N–H and O–H groups in total. The van der Waals surface area contributed by atoms with Crippen molar-refractivity contribution in [2.24, 2.45) is 11.8 Å². The fourth-order valence-electron chi connectivity index (χ4n) is 2.76. The Bertz CT molecular complexity index is 560. The fourth-order valence-corrected chi connectivity index (χ4v) is 2.76. The number of carbonyl (C=O) groups excluding carboxylic acids is 1. The maximum absolute atomic E-state index is 12.7. The van der Waals surface area contributed by atoms with E-state index in [-0.39, 0.29) is 11.8 Å². The van der Waals surface area contributed by atoms with Crippen molar-refractivity contribution in [1.29, 1.82) is 0 Å². The molecule has 1 aliphatic carbocycles. The van der Waals surface area contributed by atoms with Crippen LogP contribution in [0.25, 0.3) is 0 Å². The van der Waals surface area contributed by atoms with Crippen molar-refractivity contribution in [3.05, 3.63) is 29.8 Å². The average molecular weight is 303 g/mol. The van der Waals surface area contributed by atoms with Crippen LogP contribution >= 0.6 is 0 Å². The Morgan fingerprint density at radius 3 is 2.45 bits per heavy atom. The molecule has 0 spiro atoms. The molecule has 1 aromatic rings. The largest absolute Gasteiger partial charge is 0.492 e. The minimum atomic E-state index is -0.764. The van der Waals surface area contributed by atoms with E-state index >= 15 is 0 Å². The second-order valence-corrected chi connectivity index (χ2v) is 6.16. The van der Waals surface area contributed by atoms with Crippen LogP contribution in [-0.4, -0.2) is 41.6 Å². The molecule has 1 saturated heterocycles. The van der Waals surface area contributed by atoms with E-state index in [4.69, 9.17) is 9.84 Å². The third-order valence-corrected chi connectivity index (χ3v) is 4.42. The summed E-state index contributed by atoms with van der Waals surface area (Å²) in [6.07, 6.45) is 3.45. The molecular formula is C17H21NO4. The number of likely N-dealkylation sites (tertiary alicyclic amines) is 1. The molecule has 1 saturated carbocycles. The van der Waals surface area contributed by atoms with E-state index in [1.54, 1.807) is 11.0 Å². The number of para-hydroxylation sites is 1. The van der Waals surface area contributed by atoms with Crippen molar-refractivity contribution in [3.8, 4) is 5.75 Å². The van der Waals surface area contributed by atoms with Crippen molar-refractivity contribution in [2.75, 3.05) is 19.7 Å². The Kier molecular flexibility index (Phi) is 4.32. The lowest BCUT2D eigenvalue weighted by Gasteiger charge is -2.30. The summed E-state index contributed by atoms with van der Waals surface area (Å²) in [6, 6.07) is 7.32. The van der Waals surface area contributed by atoms with Crippen LogP contribution in [0, 0.1) is 11.8 Å². The van der Waals surface area contributed by atoms with Gasteiger partial charge in [-0.1, -0.05) is 12.1 Å². The van der Waals surface area contributed by atoms with Gasteiger partial charge < -0.3 is 14.7 Å². The first kappa shape index (κ1) is 14.9. The normalized spacial score (nSPS) is 19.0. The average Bonchev–Trinajstić information content (AvgIpc) is 3.37. The second kappa shape index (κ2) is 6.38. The number of carboxylic acids is 1. The third-order valence-electron chi connectivity index (χ3n) is 4.42. The number of rotatable bonds is 5. The summed E-state index contributed by atoms with van der Waals surface area (Å²) in [5.74, 6) is 0.120. The van der Waals surface area contributed by atoms with Crippen molar-refractivity contribution < 1.29 is 19.4 Å². The molecule has 0 aromatic heterocycles. The van der Waals surface area contributed by atoms with Crippen molar-refractivity contribution in [1.82, 2.24) is 4.90 Å². The maximum atomic E-state index is 12.7. The smallest absolute Gasteiger partial charge is 0.306 e. The number of amides is 1. The van der Waals surface area contributed by atoms with Gasteiger partial charge in [0.2, 0.25) is 0 Å². The predicted octanol–water partition coefficient (Wildman–Crippen LogP) is 2.41. The van der Waals surface area contributed by atoms with Gasteiger partial charge in [0.25, 0.3) is 5.91 Å². The summed E-state index contributed by atoms with van der Waals surface area (Å²) >= 11 is 0. The van der Waals surface area contributed by atoms with Gasteiger partial charge in [0.05, 0.1) is 18.1 Å². The summed E-state index contributed by atoms with van der Waals surface area (Å²) < 4.78 is 5.79. The molecule has 22 heavy (non-hydrogen) atoms. The minimum Gasteiger partial charge on any atom is -0.492 e. The molecule has 2 aliphatic rings. The van der Waals surface area contributed by atoms with E-state index < -0.39 is 5.97 Å². The summed E-state index contributed by atoms with van der Waals surface area (Å²) in [4.78, 5) is 25.4. The molecule has 0 atom stereocenters. The SMILES string of the molecule is O=C(O)C1CCN(C(=O)c2ccccc2OCC2CC2)CC1. The molecule has 1 heterocycles.